The van der Waals surface area contributed by atoms with Gasteiger partial charge in [-0.2, -0.15) is 13.2 Å². The molecule has 0 heterocycles. The standard InChI is InChI=1S/C7H5ClF3NO2S/c8-12-5-1-3-6(4-2-5)15(13,14)7(9,10)11/h1-4,12H. The number of sulfone groups is 1. The van der Waals surface area contributed by atoms with Crippen LogP contribution in [0.25, 0.3) is 0 Å². The largest absolute Gasteiger partial charge is 0.501 e. The molecule has 0 bridgehead atoms. The predicted octanol–water partition coefficient (Wildman–Crippen LogP) is 2.55. The fourth-order valence-corrected chi connectivity index (χ4v) is 1.72. The van der Waals surface area contributed by atoms with Crippen LogP contribution in [0.1, 0.15) is 0 Å². The molecule has 0 spiro atoms. The maximum atomic E-state index is 12.1. The summed E-state index contributed by atoms with van der Waals surface area (Å²) in [5, 5.41) is 0. The molecule has 0 radical (unpaired) electrons. The third-order valence-corrected chi connectivity index (χ3v) is 3.30. The van der Waals surface area contributed by atoms with Crippen LogP contribution < -0.4 is 4.84 Å². The first-order valence-electron chi connectivity index (χ1n) is 3.57. The minimum absolute atomic E-state index is 0.304. The van der Waals surface area contributed by atoms with Crippen LogP contribution in [0.4, 0.5) is 18.9 Å². The average Bonchev–Trinajstić information content (AvgIpc) is 2.16. The van der Waals surface area contributed by atoms with E-state index in [1.807, 2.05) is 0 Å². The maximum absolute atomic E-state index is 12.1. The minimum Gasteiger partial charge on any atom is -0.299 e. The molecule has 0 saturated carbocycles. The van der Waals surface area contributed by atoms with Gasteiger partial charge in [-0.1, -0.05) is 0 Å². The third-order valence-electron chi connectivity index (χ3n) is 1.58. The Morgan fingerprint density at radius 2 is 1.60 bits per heavy atom. The number of alkyl halides is 3. The first-order valence-corrected chi connectivity index (χ1v) is 5.43. The molecular weight excluding hydrogens is 255 g/mol. The normalized spacial score (nSPS) is 12.5. The quantitative estimate of drug-likeness (QED) is 0.830. The molecule has 15 heavy (non-hydrogen) atoms. The lowest BCUT2D eigenvalue weighted by Gasteiger charge is -2.08. The zero-order valence-corrected chi connectivity index (χ0v) is 8.62. The van der Waals surface area contributed by atoms with E-state index >= 15 is 0 Å². The van der Waals surface area contributed by atoms with E-state index in [1.54, 1.807) is 0 Å². The first kappa shape index (κ1) is 12.1. The van der Waals surface area contributed by atoms with Crippen molar-refractivity contribution in [1.29, 1.82) is 0 Å². The molecule has 0 aliphatic rings. The molecule has 8 heteroatoms. The number of halogens is 4. The van der Waals surface area contributed by atoms with Crippen molar-refractivity contribution in [2.45, 2.75) is 10.4 Å². The van der Waals surface area contributed by atoms with Gasteiger partial charge in [-0.05, 0) is 24.3 Å². The zero-order valence-electron chi connectivity index (χ0n) is 7.05. The number of benzene rings is 1. The second kappa shape index (κ2) is 3.90. The lowest BCUT2D eigenvalue weighted by atomic mass is 10.3. The molecule has 1 rings (SSSR count). The molecule has 1 aromatic carbocycles. The highest BCUT2D eigenvalue weighted by Gasteiger charge is 2.46. The van der Waals surface area contributed by atoms with E-state index in [2.05, 4.69) is 4.84 Å². The van der Waals surface area contributed by atoms with E-state index in [-0.39, 0.29) is 0 Å². The Morgan fingerprint density at radius 3 is 1.93 bits per heavy atom. The van der Waals surface area contributed by atoms with Crippen molar-refractivity contribution in [3.63, 3.8) is 0 Å². The van der Waals surface area contributed by atoms with Gasteiger partial charge in [0.2, 0.25) is 0 Å². The molecule has 0 atom stereocenters. The number of nitrogens with one attached hydrogen (secondary N) is 1. The van der Waals surface area contributed by atoms with Gasteiger partial charge in [-0.3, -0.25) is 4.84 Å². The topological polar surface area (TPSA) is 46.2 Å². The summed E-state index contributed by atoms with van der Waals surface area (Å²) in [4.78, 5) is 1.33. The van der Waals surface area contributed by atoms with Crippen molar-refractivity contribution >= 4 is 27.3 Å². The first-order chi connectivity index (χ1) is 6.79. The summed E-state index contributed by atoms with van der Waals surface area (Å²) in [6, 6.07) is 3.92. The van der Waals surface area contributed by atoms with E-state index in [4.69, 9.17) is 11.8 Å². The van der Waals surface area contributed by atoms with Crippen LogP contribution in [0.5, 0.6) is 0 Å². The SMILES string of the molecule is O=S(=O)(c1ccc(NCl)cc1)C(F)(F)F. The molecular formula is C7H5ClF3NO2S. The van der Waals surface area contributed by atoms with Crippen molar-refractivity contribution in [1.82, 2.24) is 0 Å². The second-order valence-corrected chi connectivity index (χ2v) is 4.70. The molecule has 1 N–H and O–H groups in total. The minimum atomic E-state index is -5.29. The van der Waals surface area contributed by atoms with Crippen molar-refractivity contribution < 1.29 is 21.6 Å². The van der Waals surface area contributed by atoms with Crippen LogP contribution in [0.3, 0.4) is 0 Å². The molecule has 0 unspecified atom stereocenters. The lowest BCUT2D eigenvalue weighted by Crippen LogP contribution is -2.23. The molecule has 0 aromatic heterocycles. The van der Waals surface area contributed by atoms with Crippen molar-refractivity contribution in [3.8, 4) is 0 Å². The van der Waals surface area contributed by atoms with Crippen molar-refractivity contribution in [2.75, 3.05) is 4.84 Å². The predicted molar refractivity (Wildman–Crippen MR) is 49.2 cm³/mol. The monoisotopic (exact) mass is 259 g/mol. The number of hydrogen-bond acceptors (Lipinski definition) is 3. The van der Waals surface area contributed by atoms with Gasteiger partial charge in [0.15, 0.2) is 0 Å². The molecule has 1 aromatic rings. The summed E-state index contributed by atoms with van der Waals surface area (Å²) in [7, 11) is -5.27. The Labute approximate surface area is 88.9 Å². The van der Waals surface area contributed by atoms with Gasteiger partial charge < -0.3 is 0 Å². The highest BCUT2D eigenvalue weighted by molar-refractivity contribution is 7.92. The molecule has 0 amide bonds. The van der Waals surface area contributed by atoms with Gasteiger partial charge in [0.25, 0.3) is 9.84 Å². The summed E-state index contributed by atoms with van der Waals surface area (Å²) in [5.41, 5.74) is -4.99. The Morgan fingerprint density at radius 1 is 1.13 bits per heavy atom. The third kappa shape index (κ3) is 2.35. The Hall–Kier alpha value is -0.950. The summed E-state index contributed by atoms with van der Waals surface area (Å²) >= 11 is 5.16. The molecule has 0 aliphatic carbocycles. The van der Waals surface area contributed by atoms with Crippen LogP contribution in [-0.4, -0.2) is 13.9 Å². The fraction of sp³-hybridized carbons (Fsp3) is 0.143. The van der Waals surface area contributed by atoms with Crippen LogP contribution in [-0.2, 0) is 9.84 Å². The van der Waals surface area contributed by atoms with Gasteiger partial charge in [-0.25, -0.2) is 8.42 Å². The number of rotatable bonds is 2. The summed E-state index contributed by atoms with van der Waals surface area (Å²) < 4.78 is 58.0. The molecule has 0 fully saturated rings. The molecule has 3 nitrogen and oxygen atoms in total. The van der Waals surface area contributed by atoms with Crippen molar-refractivity contribution in [2.24, 2.45) is 0 Å². The van der Waals surface area contributed by atoms with Crippen molar-refractivity contribution in [3.05, 3.63) is 24.3 Å². The van der Waals surface area contributed by atoms with E-state index in [0.717, 1.165) is 24.3 Å². The van der Waals surface area contributed by atoms with Gasteiger partial charge in [0.05, 0.1) is 4.90 Å². The van der Waals surface area contributed by atoms with E-state index in [0.29, 0.717) is 5.69 Å². The van der Waals surface area contributed by atoms with Crippen LogP contribution in [0, 0.1) is 0 Å². The lowest BCUT2D eigenvalue weighted by molar-refractivity contribution is -0.0436. The number of hydrogen-bond donors (Lipinski definition) is 1. The Bertz CT molecular complexity index is 440. The molecule has 0 saturated heterocycles. The van der Waals surface area contributed by atoms with E-state index < -0.39 is 20.2 Å². The van der Waals surface area contributed by atoms with Crippen LogP contribution in [0.15, 0.2) is 29.2 Å². The summed E-state index contributed by atoms with van der Waals surface area (Å²) in [6.45, 7) is 0. The highest BCUT2D eigenvalue weighted by Crippen LogP contribution is 2.30. The maximum Gasteiger partial charge on any atom is 0.501 e. The molecule has 84 valence electrons. The Kier molecular flexibility index (Phi) is 3.15. The van der Waals surface area contributed by atoms with Crippen LogP contribution >= 0.6 is 11.8 Å². The number of anilines is 1. The van der Waals surface area contributed by atoms with Gasteiger partial charge >= 0.3 is 5.51 Å². The Balaban J connectivity index is 3.18. The smallest absolute Gasteiger partial charge is 0.299 e. The fourth-order valence-electron chi connectivity index (χ4n) is 0.831. The molecule has 0 aliphatic heterocycles. The zero-order chi connectivity index (χ0) is 11.7. The summed E-state index contributed by atoms with van der Waals surface area (Å²) in [5.74, 6) is 0. The highest BCUT2D eigenvalue weighted by atomic mass is 35.5. The van der Waals surface area contributed by atoms with Gasteiger partial charge in [0.1, 0.15) is 0 Å². The van der Waals surface area contributed by atoms with Gasteiger partial charge in [0, 0.05) is 17.5 Å². The van der Waals surface area contributed by atoms with E-state index in [1.165, 1.54) is 0 Å². The summed E-state index contributed by atoms with van der Waals surface area (Å²) in [6.07, 6.45) is 0. The van der Waals surface area contributed by atoms with E-state index in [9.17, 15) is 21.6 Å². The van der Waals surface area contributed by atoms with Crippen LogP contribution in [0.2, 0.25) is 0 Å². The second-order valence-electron chi connectivity index (χ2n) is 2.57. The average molecular weight is 260 g/mol. The van der Waals surface area contributed by atoms with Gasteiger partial charge in [-0.15, -0.1) is 0 Å².